The lowest BCUT2D eigenvalue weighted by atomic mass is 9.88. The van der Waals surface area contributed by atoms with Gasteiger partial charge in [-0.25, -0.2) is 5.43 Å². The fraction of sp³-hybridized carbons (Fsp3) is 0.182. The zero-order valence-corrected chi connectivity index (χ0v) is 17.6. The van der Waals surface area contributed by atoms with Crippen LogP contribution in [0.15, 0.2) is 60.7 Å². The first-order valence-electron chi connectivity index (χ1n) is 9.15. The Morgan fingerprint density at radius 2 is 1.69 bits per heavy atom. The normalized spacial score (nSPS) is 18.7. The molecule has 2 atom stereocenters. The predicted molar refractivity (Wildman–Crippen MR) is 117 cm³/mol. The zero-order chi connectivity index (χ0) is 20.4. The van der Waals surface area contributed by atoms with E-state index in [1.165, 1.54) is 0 Å². The maximum atomic E-state index is 10.6. The fourth-order valence-electron chi connectivity index (χ4n) is 3.49. The van der Waals surface area contributed by atoms with Crippen LogP contribution >= 0.6 is 34.8 Å². The molecule has 0 saturated carbocycles. The number of rotatable bonds is 5. The Bertz CT molecular complexity index is 1010. The van der Waals surface area contributed by atoms with Gasteiger partial charge in [-0.05, 0) is 35.9 Å². The summed E-state index contributed by atoms with van der Waals surface area (Å²) in [7, 11) is 0. The van der Waals surface area contributed by atoms with Crippen LogP contribution in [0.4, 0.5) is 0 Å². The highest BCUT2D eigenvalue weighted by atomic mass is 35.5. The van der Waals surface area contributed by atoms with Crippen molar-refractivity contribution in [3.8, 4) is 11.5 Å². The van der Waals surface area contributed by atoms with Gasteiger partial charge in [0.15, 0.2) is 0 Å². The summed E-state index contributed by atoms with van der Waals surface area (Å²) in [6.45, 7) is 1.03. The summed E-state index contributed by atoms with van der Waals surface area (Å²) in [4.78, 5) is 0. The fourth-order valence-corrected chi connectivity index (χ4v) is 4.08. The van der Waals surface area contributed by atoms with Gasteiger partial charge in [-0.15, -0.1) is 0 Å². The molecule has 1 aliphatic rings. The second-order valence-electron chi connectivity index (χ2n) is 6.91. The molecule has 0 aliphatic carbocycles. The molecule has 1 saturated heterocycles. The number of nitrogens with one attached hydrogen (secondary N) is 2. The van der Waals surface area contributed by atoms with Crippen molar-refractivity contribution in [1.82, 2.24) is 10.9 Å². The van der Waals surface area contributed by atoms with Crippen molar-refractivity contribution < 1.29 is 9.84 Å². The molecule has 1 heterocycles. The minimum Gasteiger partial charge on any atom is -0.507 e. The minimum atomic E-state index is -0.0732. The van der Waals surface area contributed by atoms with Crippen LogP contribution in [0, 0.1) is 0 Å². The number of benzene rings is 3. The largest absolute Gasteiger partial charge is 0.507 e. The van der Waals surface area contributed by atoms with Crippen LogP contribution in [0.1, 0.15) is 28.7 Å². The van der Waals surface area contributed by atoms with E-state index in [9.17, 15) is 5.11 Å². The summed E-state index contributed by atoms with van der Waals surface area (Å²) in [6, 6.07) is 18.3. The zero-order valence-electron chi connectivity index (χ0n) is 15.3. The van der Waals surface area contributed by atoms with Crippen LogP contribution in [0.25, 0.3) is 0 Å². The predicted octanol–water partition coefficient (Wildman–Crippen LogP) is 5.86. The summed E-state index contributed by atoms with van der Waals surface area (Å²) < 4.78 is 5.80. The van der Waals surface area contributed by atoms with Crippen LogP contribution < -0.4 is 15.6 Å². The first-order valence-corrected chi connectivity index (χ1v) is 10.3. The Labute approximate surface area is 184 Å². The Balaban J connectivity index is 1.50. The molecule has 4 rings (SSSR count). The van der Waals surface area contributed by atoms with Gasteiger partial charge in [0, 0.05) is 44.7 Å². The molecule has 0 aromatic heterocycles. The Hall–Kier alpha value is -1.95. The summed E-state index contributed by atoms with van der Waals surface area (Å²) in [5, 5.41) is 12.5. The molecule has 2 unspecified atom stereocenters. The minimum absolute atomic E-state index is 0.0732. The number of ether oxygens (including phenoxy) is 1. The monoisotopic (exact) mass is 448 g/mol. The maximum Gasteiger partial charge on any atom is 0.124 e. The molecule has 3 aromatic rings. The molecule has 7 heteroatoms. The van der Waals surface area contributed by atoms with E-state index >= 15 is 0 Å². The molecule has 0 radical (unpaired) electrons. The summed E-state index contributed by atoms with van der Waals surface area (Å²) in [6.07, 6.45) is 0. The number of halogens is 3. The molecule has 1 aliphatic heterocycles. The Morgan fingerprint density at radius 1 is 0.931 bits per heavy atom. The van der Waals surface area contributed by atoms with E-state index in [-0.39, 0.29) is 24.3 Å². The van der Waals surface area contributed by atoms with E-state index in [1.54, 1.807) is 18.2 Å². The summed E-state index contributed by atoms with van der Waals surface area (Å²) >= 11 is 18.1. The first-order chi connectivity index (χ1) is 14.0. The number of phenols is 1. The van der Waals surface area contributed by atoms with Crippen LogP contribution in [0.2, 0.25) is 15.1 Å². The molecule has 1 fully saturated rings. The molecule has 0 bridgehead atoms. The number of hydrogen-bond donors (Lipinski definition) is 3. The molecular weight excluding hydrogens is 431 g/mol. The lowest BCUT2D eigenvalue weighted by Crippen LogP contribution is -2.25. The molecule has 150 valence electrons. The third kappa shape index (κ3) is 4.63. The van der Waals surface area contributed by atoms with Gasteiger partial charge in [-0.1, -0.05) is 59.1 Å². The second-order valence-corrected chi connectivity index (χ2v) is 8.19. The Morgan fingerprint density at radius 3 is 2.41 bits per heavy atom. The van der Waals surface area contributed by atoms with Gasteiger partial charge in [-0.3, -0.25) is 5.43 Å². The van der Waals surface area contributed by atoms with E-state index in [1.807, 2.05) is 42.5 Å². The van der Waals surface area contributed by atoms with Crippen LogP contribution in [-0.2, 0) is 6.61 Å². The van der Waals surface area contributed by atoms with E-state index in [0.29, 0.717) is 20.8 Å². The van der Waals surface area contributed by atoms with E-state index in [0.717, 1.165) is 23.2 Å². The van der Waals surface area contributed by atoms with Gasteiger partial charge in [0.2, 0.25) is 0 Å². The summed E-state index contributed by atoms with van der Waals surface area (Å²) in [5.74, 6) is 0.897. The third-order valence-corrected chi connectivity index (χ3v) is 5.87. The van der Waals surface area contributed by atoms with Crippen molar-refractivity contribution in [1.29, 1.82) is 0 Å². The second kappa shape index (κ2) is 8.82. The van der Waals surface area contributed by atoms with Crippen molar-refractivity contribution in [3.63, 3.8) is 0 Å². The van der Waals surface area contributed by atoms with Crippen molar-refractivity contribution >= 4 is 34.8 Å². The average Bonchev–Trinajstić information content (AvgIpc) is 3.17. The molecule has 29 heavy (non-hydrogen) atoms. The Kier molecular flexibility index (Phi) is 6.18. The molecular formula is C22H19Cl3N2O2. The molecule has 0 spiro atoms. The highest BCUT2D eigenvalue weighted by Gasteiger charge is 2.31. The van der Waals surface area contributed by atoms with Crippen molar-refractivity contribution in [2.24, 2.45) is 0 Å². The van der Waals surface area contributed by atoms with Gasteiger partial charge < -0.3 is 9.84 Å². The van der Waals surface area contributed by atoms with Gasteiger partial charge in [0.1, 0.15) is 18.1 Å². The average molecular weight is 450 g/mol. The maximum absolute atomic E-state index is 10.6. The lowest BCUT2D eigenvalue weighted by molar-refractivity contribution is 0.304. The smallest absolute Gasteiger partial charge is 0.124 e. The number of phenolic OH excluding ortho intramolecular Hbond substituents is 1. The van der Waals surface area contributed by atoms with Crippen molar-refractivity contribution in [3.05, 3.63) is 92.4 Å². The topological polar surface area (TPSA) is 53.5 Å². The lowest BCUT2D eigenvalue weighted by Gasteiger charge is -2.21. The number of aromatic hydroxyl groups is 1. The van der Waals surface area contributed by atoms with Gasteiger partial charge >= 0.3 is 0 Å². The standard InChI is InChI=1S/C22H19Cl3N2O2/c23-15-4-1-13(2-5-15)19-11-26-27-22(19)18-8-7-17(10-21(18)28)29-12-14-3-6-16(24)9-20(14)25/h1-10,19,22,26-28H,11-12H2. The SMILES string of the molecule is Oc1cc(OCc2ccc(Cl)cc2Cl)ccc1C1NNCC1c1ccc(Cl)cc1. The van der Waals surface area contributed by atoms with E-state index < -0.39 is 0 Å². The highest BCUT2D eigenvalue weighted by Crippen LogP contribution is 2.39. The van der Waals surface area contributed by atoms with Crippen LogP contribution in [-0.4, -0.2) is 11.7 Å². The first kappa shape index (κ1) is 20.3. The molecule has 3 aromatic carbocycles. The van der Waals surface area contributed by atoms with Crippen molar-refractivity contribution in [2.75, 3.05) is 6.54 Å². The summed E-state index contributed by atoms with van der Waals surface area (Å²) in [5.41, 5.74) is 9.20. The van der Waals surface area contributed by atoms with Crippen molar-refractivity contribution in [2.45, 2.75) is 18.6 Å². The van der Waals surface area contributed by atoms with Gasteiger partial charge in [0.05, 0.1) is 6.04 Å². The molecule has 3 N–H and O–H groups in total. The molecule has 4 nitrogen and oxygen atoms in total. The van der Waals surface area contributed by atoms with Crippen LogP contribution in [0.3, 0.4) is 0 Å². The quantitative estimate of drug-likeness (QED) is 0.456. The number of hydrazine groups is 1. The van der Waals surface area contributed by atoms with Gasteiger partial charge in [-0.2, -0.15) is 0 Å². The highest BCUT2D eigenvalue weighted by molar-refractivity contribution is 6.35. The third-order valence-electron chi connectivity index (χ3n) is 5.03. The van der Waals surface area contributed by atoms with Crippen LogP contribution in [0.5, 0.6) is 11.5 Å². The van der Waals surface area contributed by atoms with E-state index in [2.05, 4.69) is 10.9 Å². The van der Waals surface area contributed by atoms with E-state index in [4.69, 9.17) is 39.5 Å². The van der Waals surface area contributed by atoms with Gasteiger partial charge in [0.25, 0.3) is 0 Å². The molecule has 0 amide bonds. The number of hydrogen-bond acceptors (Lipinski definition) is 4.